The molecule has 0 N–H and O–H groups in total. The summed E-state index contributed by atoms with van der Waals surface area (Å²) >= 11 is 0. The molecule has 47 heavy (non-hydrogen) atoms. The highest BCUT2D eigenvalue weighted by Crippen LogP contribution is 2.46. The first-order chi connectivity index (χ1) is 23.3. The van der Waals surface area contributed by atoms with Gasteiger partial charge < -0.3 is 4.90 Å². The molecule has 0 bridgehead atoms. The van der Waals surface area contributed by atoms with E-state index in [0.717, 1.165) is 17.1 Å². The first kappa shape index (κ1) is 28.3. The van der Waals surface area contributed by atoms with Gasteiger partial charge in [0.15, 0.2) is 0 Å². The Morgan fingerprint density at radius 1 is 0.298 bits per heavy atom. The Balaban J connectivity index is 1.40. The highest BCUT2D eigenvalue weighted by molar-refractivity contribution is 6.01. The molecule has 0 heterocycles. The summed E-state index contributed by atoms with van der Waals surface area (Å²) in [4.78, 5) is 2.38. The van der Waals surface area contributed by atoms with E-state index < -0.39 is 0 Å². The van der Waals surface area contributed by atoms with Gasteiger partial charge in [0.1, 0.15) is 0 Å². The molecular weight excluding hydrogens is 567 g/mol. The van der Waals surface area contributed by atoms with Crippen LogP contribution in [0.15, 0.2) is 200 Å². The van der Waals surface area contributed by atoms with Crippen LogP contribution < -0.4 is 4.90 Å². The topological polar surface area (TPSA) is 3.24 Å². The number of hydrogen-bond acceptors (Lipinski definition) is 1. The molecule has 0 radical (unpaired) electrons. The van der Waals surface area contributed by atoms with Gasteiger partial charge in [-0.05, 0) is 92.4 Å². The molecule has 0 aliphatic rings. The molecule has 8 aromatic rings. The van der Waals surface area contributed by atoms with Gasteiger partial charge in [0, 0.05) is 16.8 Å². The fourth-order valence-electron chi connectivity index (χ4n) is 6.65. The van der Waals surface area contributed by atoms with Gasteiger partial charge in [0.2, 0.25) is 0 Å². The smallest absolute Gasteiger partial charge is 0.0540 e. The van der Waals surface area contributed by atoms with Crippen molar-refractivity contribution in [1.82, 2.24) is 0 Å². The van der Waals surface area contributed by atoms with Gasteiger partial charge in [0.25, 0.3) is 0 Å². The third-order valence-corrected chi connectivity index (χ3v) is 8.83. The normalized spacial score (nSPS) is 11.0. The van der Waals surface area contributed by atoms with Gasteiger partial charge in [-0.1, -0.05) is 158 Å². The van der Waals surface area contributed by atoms with Crippen LogP contribution in [0.5, 0.6) is 0 Å². The van der Waals surface area contributed by atoms with E-state index in [1.54, 1.807) is 0 Å². The minimum absolute atomic E-state index is 1.11. The Morgan fingerprint density at radius 3 is 1.40 bits per heavy atom. The van der Waals surface area contributed by atoms with E-state index in [1.807, 2.05) is 0 Å². The Hall–Kier alpha value is -6.18. The third kappa shape index (κ3) is 5.60. The second-order valence-electron chi connectivity index (χ2n) is 11.8. The Bertz CT molecular complexity index is 2210. The summed E-state index contributed by atoms with van der Waals surface area (Å²) < 4.78 is 0. The van der Waals surface area contributed by atoms with Crippen LogP contribution in [-0.2, 0) is 0 Å². The lowest BCUT2D eigenvalue weighted by Crippen LogP contribution is -2.10. The second-order valence-corrected chi connectivity index (χ2v) is 11.8. The van der Waals surface area contributed by atoms with E-state index in [1.165, 1.54) is 55.3 Å². The van der Waals surface area contributed by atoms with Crippen LogP contribution in [-0.4, -0.2) is 0 Å². The summed E-state index contributed by atoms with van der Waals surface area (Å²) in [6, 6.07) is 71.9. The second kappa shape index (κ2) is 12.7. The lowest BCUT2D eigenvalue weighted by Gasteiger charge is -2.28. The summed E-state index contributed by atoms with van der Waals surface area (Å²) in [5.74, 6) is 0. The molecule has 0 saturated carbocycles. The minimum Gasteiger partial charge on any atom is -0.310 e. The quantitative estimate of drug-likeness (QED) is 0.176. The molecule has 1 nitrogen and oxygen atoms in total. The molecule has 0 saturated heterocycles. The minimum atomic E-state index is 1.11. The van der Waals surface area contributed by atoms with Gasteiger partial charge in [-0.2, -0.15) is 0 Å². The zero-order valence-electron chi connectivity index (χ0n) is 26.0. The number of fused-ring (bicyclic) bond motifs is 1. The van der Waals surface area contributed by atoms with Crippen molar-refractivity contribution in [2.75, 3.05) is 4.90 Å². The first-order valence-corrected chi connectivity index (χ1v) is 16.1. The van der Waals surface area contributed by atoms with E-state index in [2.05, 4.69) is 205 Å². The van der Waals surface area contributed by atoms with Crippen molar-refractivity contribution in [3.8, 4) is 44.5 Å². The fourth-order valence-corrected chi connectivity index (χ4v) is 6.65. The largest absolute Gasteiger partial charge is 0.310 e. The van der Waals surface area contributed by atoms with Crippen LogP contribution in [0.2, 0.25) is 0 Å². The summed E-state index contributed by atoms with van der Waals surface area (Å²) in [6.07, 6.45) is 0. The van der Waals surface area contributed by atoms with Crippen LogP contribution in [0, 0.1) is 0 Å². The molecule has 8 rings (SSSR count). The number of nitrogens with zero attached hydrogens (tertiary/aromatic N) is 1. The van der Waals surface area contributed by atoms with Crippen LogP contribution in [0.1, 0.15) is 0 Å². The molecule has 1 heteroatoms. The van der Waals surface area contributed by atoms with Gasteiger partial charge in [0.05, 0.1) is 5.69 Å². The van der Waals surface area contributed by atoms with Crippen molar-refractivity contribution in [3.63, 3.8) is 0 Å². The van der Waals surface area contributed by atoms with Crippen molar-refractivity contribution >= 4 is 27.8 Å². The number of hydrogen-bond donors (Lipinski definition) is 0. The van der Waals surface area contributed by atoms with E-state index in [9.17, 15) is 0 Å². The molecular formula is C46H33N. The molecule has 0 spiro atoms. The predicted octanol–water partition coefficient (Wildman–Crippen LogP) is 13.0. The number of benzene rings is 8. The average molecular weight is 600 g/mol. The molecule has 0 aliphatic heterocycles. The fraction of sp³-hybridized carbons (Fsp3) is 0. The zero-order valence-corrected chi connectivity index (χ0v) is 26.0. The third-order valence-electron chi connectivity index (χ3n) is 8.83. The summed E-state index contributed by atoms with van der Waals surface area (Å²) in [7, 11) is 0. The zero-order chi connectivity index (χ0) is 31.4. The monoisotopic (exact) mass is 599 g/mol. The molecule has 8 aromatic carbocycles. The number of anilines is 3. The van der Waals surface area contributed by atoms with E-state index >= 15 is 0 Å². The maximum Gasteiger partial charge on any atom is 0.0540 e. The molecule has 0 aliphatic carbocycles. The summed E-state index contributed by atoms with van der Waals surface area (Å²) in [6.45, 7) is 0. The van der Waals surface area contributed by atoms with Crippen molar-refractivity contribution in [2.45, 2.75) is 0 Å². The van der Waals surface area contributed by atoms with Gasteiger partial charge >= 0.3 is 0 Å². The van der Waals surface area contributed by atoms with Crippen LogP contribution in [0.4, 0.5) is 17.1 Å². The van der Waals surface area contributed by atoms with Crippen molar-refractivity contribution in [3.05, 3.63) is 200 Å². The Kier molecular flexibility index (Phi) is 7.63. The van der Waals surface area contributed by atoms with Gasteiger partial charge in [-0.3, -0.25) is 0 Å². The number of rotatable bonds is 7. The van der Waals surface area contributed by atoms with Crippen LogP contribution in [0.3, 0.4) is 0 Å². The molecule has 0 unspecified atom stereocenters. The first-order valence-electron chi connectivity index (χ1n) is 16.1. The highest BCUT2D eigenvalue weighted by Gasteiger charge is 2.20. The average Bonchev–Trinajstić information content (AvgIpc) is 3.16. The van der Waals surface area contributed by atoms with E-state index in [4.69, 9.17) is 0 Å². The molecule has 0 fully saturated rings. The maximum atomic E-state index is 2.38. The predicted molar refractivity (Wildman–Crippen MR) is 200 cm³/mol. The SMILES string of the molecule is c1ccc(-c2cc(-c3ccccc3)c(-c3cccc(N(c4ccccc4)c4cccc5ccccc45)c3)c(-c3ccccc3)c2)cc1. The number of para-hydroxylation sites is 1. The molecule has 222 valence electrons. The highest BCUT2D eigenvalue weighted by atomic mass is 15.1. The Labute approximate surface area is 276 Å². The molecule has 0 amide bonds. The Morgan fingerprint density at radius 2 is 0.766 bits per heavy atom. The lowest BCUT2D eigenvalue weighted by atomic mass is 9.84. The van der Waals surface area contributed by atoms with Crippen LogP contribution in [0.25, 0.3) is 55.3 Å². The van der Waals surface area contributed by atoms with Gasteiger partial charge in [-0.15, -0.1) is 0 Å². The van der Waals surface area contributed by atoms with Gasteiger partial charge in [-0.25, -0.2) is 0 Å². The van der Waals surface area contributed by atoms with Crippen LogP contribution >= 0.6 is 0 Å². The maximum absolute atomic E-state index is 2.38. The standard InChI is InChI=1S/C46H33N/c1-5-17-34(18-6-1)39-32-43(36-19-7-2-8-20-36)46(44(33-39)37-21-9-3-10-22-37)38-25-15-28-41(31-38)47(40-26-11-4-12-27-40)45-30-16-24-35-23-13-14-29-42(35)45/h1-33H. The lowest BCUT2D eigenvalue weighted by molar-refractivity contribution is 1.30. The van der Waals surface area contributed by atoms with Crippen molar-refractivity contribution in [2.24, 2.45) is 0 Å². The molecule has 0 atom stereocenters. The van der Waals surface area contributed by atoms with E-state index in [0.29, 0.717) is 0 Å². The van der Waals surface area contributed by atoms with E-state index in [-0.39, 0.29) is 0 Å². The van der Waals surface area contributed by atoms with Crippen molar-refractivity contribution in [1.29, 1.82) is 0 Å². The molecule has 0 aromatic heterocycles. The summed E-state index contributed by atoms with van der Waals surface area (Å²) in [5.41, 5.74) is 13.0. The van der Waals surface area contributed by atoms with Crippen molar-refractivity contribution < 1.29 is 0 Å². The summed E-state index contributed by atoms with van der Waals surface area (Å²) in [5, 5.41) is 2.43.